The summed E-state index contributed by atoms with van der Waals surface area (Å²) in [6, 6.07) is 29.9. The summed E-state index contributed by atoms with van der Waals surface area (Å²) in [6.07, 6.45) is 0. The fraction of sp³-hybridized carbons (Fsp3) is 0.208. The van der Waals surface area contributed by atoms with E-state index in [2.05, 4.69) is 65.7 Å². The van der Waals surface area contributed by atoms with Crippen LogP contribution in [0.15, 0.2) is 89.9 Å². The molecule has 3 aromatic rings. The van der Waals surface area contributed by atoms with Crippen molar-refractivity contribution in [3.05, 3.63) is 84.9 Å². The Morgan fingerprint density at radius 1 is 0.893 bits per heavy atom. The Kier molecular flexibility index (Phi) is 5.57. The first kappa shape index (κ1) is 18.1. The van der Waals surface area contributed by atoms with Gasteiger partial charge in [-0.05, 0) is 42.3 Å². The molecule has 4 heteroatoms. The number of hydrogen-bond acceptors (Lipinski definition) is 4. The number of amidine groups is 1. The van der Waals surface area contributed by atoms with E-state index in [1.54, 1.807) is 0 Å². The van der Waals surface area contributed by atoms with Crippen LogP contribution in [0.4, 0.5) is 11.4 Å². The zero-order chi connectivity index (χ0) is 19.2. The highest BCUT2D eigenvalue weighted by molar-refractivity contribution is 5.90. The Labute approximate surface area is 166 Å². The van der Waals surface area contributed by atoms with Crippen LogP contribution in [0.2, 0.25) is 0 Å². The Balaban J connectivity index is 1.40. The van der Waals surface area contributed by atoms with Gasteiger partial charge in [-0.15, -0.1) is 0 Å². The lowest BCUT2D eigenvalue weighted by atomic mass is 10.1. The molecule has 1 heterocycles. The number of para-hydroxylation sites is 1. The van der Waals surface area contributed by atoms with E-state index in [0.29, 0.717) is 12.6 Å². The normalized spacial score (nSPS) is 15.6. The van der Waals surface area contributed by atoms with Crippen LogP contribution in [0.3, 0.4) is 0 Å². The smallest absolute Gasteiger partial charge is 0.289 e. The van der Waals surface area contributed by atoms with E-state index >= 15 is 0 Å². The van der Waals surface area contributed by atoms with E-state index in [4.69, 9.17) is 9.73 Å². The molecule has 4 rings (SSSR count). The maximum Gasteiger partial charge on any atom is 0.289 e. The standard InChI is InChI=1S/C24H25N3O/c1-2-27(23-15-13-20(14-16-23)19-9-5-3-6-10-19)17-22-18-28-24(26-22)25-21-11-7-4-8-12-21/h3-16,22H,2,17-18H2,1H3,(H,25,26)/t22-/m0/s1. The van der Waals surface area contributed by atoms with Crippen molar-refractivity contribution in [2.24, 2.45) is 4.99 Å². The van der Waals surface area contributed by atoms with Crippen molar-refractivity contribution in [3.8, 4) is 11.1 Å². The van der Waals surface area contributed by atoms with Gasteiger partial charge in [0.1, 0.15) is 12.6 Å². The minimum Gasteiger partial charge on any atom is -0.463 e. The number of benzene rings is 3. The summed E-state index contributed by atoms with van der Waals surface area (Å²) in [5, 5.41) is 3.24. The van der Waals surface area contributed by atoms with Gasteiger partial charge in [-0.25, -0.2) is 4.99 Å². The van der Waals surface area contributed by atoms with E-state index in [0.717, 1.165) is 18.8 Å². The lowest BCUT2D eigenvalue weighted by Crippen LogP contribution is -2.32. The lowest BCUT2D eigenvalue weighted by Gasteiger charge is -2.24. The molecular weight excluding hydrogens is 346 g/mol. The predicted octanol–water partition coefficient (Wildman–Crippen LogP) is 5.05. The molecule has 0 unspecified atom stereocenters. The van der Waals surface area contributed by atoms with Crippen molar-refractivity contribution in [1.29, 1.82) is 0 Å². The number of likely N-dealkylation sites (N-methyl/N-ethyl adjacent to an activating group) is 1. The Morgan fingerprint density at radius 2 is 1.54 bits per heavy atom. The van der Waals surface area contributed by atoms with Crippen LogP contribution in [-0.4, -0.2) is 31.8 Å². The molecule has 1 N–H and O–H groups in total. The molecule has 0 saturated heterocycles. The fourth-order valence-electron chi connectivity index (χ4n) is 3.39. The van der Waals surface area contributed by atoms with Crippen molar-refractivity contribution in [3.63, 3.8) is 0 Å². The Bertz CT molecular complexity index is 908. The first-order chi connectivity index (χ1) is 13.8. The molecule has 3 aromatic carbocycles. The lowest BCUT2D eigenvalue weighted by molar-refractivity contribution is 0.316. The number of hydrogen-bond donors (Lipinski definition) is 1. The highest BCUT2D eigenvalue weighted by atomic mass is 16.5. The number of nitrogens with zero attached hydrogens (tertiary/aromatic N) is 2. The molecule has 1 aliphatic heterocycles. The number of nitrogens with one attached hydrogen (secondary N) is 1. The summed E-state index contributed by atoms with van der Waals surface area (Å²) in [4.78, 5) is 7.05. The largest absolute Gasteiger partial charge is 0.463 e. The molecule has 0 amide bonds. The van der Waals surface area contributed by atoms with Gasteiger partial charge in [-0.3, -0.25) is 0 Å². The van der Waals surface area contributed by atoms with Gasteiger partial charge in [-0.2, -0.15) is 0 Å². The third kappa shape index (κ3) is 4.34. The van der Waals surface area contributed by atoms with E-state index < -0.39 is 0 Å². The summed E-state index contributed by atoms with van der Waals surface area (Å²) < 4.78 is 5.74. The molecule has 142 valence electrons. The van der Waals surface area contributed by atoms with Crippen molar-refractivity contribution >= 4 is 17.4 Å². The second-order valence-corrected chi connectivity index (χ2v) is 6.84. The topological polar surface area (TPSA) is 36.9 Å². The predicted molar refractivity (Wildman–Crippen MR) is 117 cm³/mol. The Hall–Kier alpha value is -3.27. The van der Waals surface area contributed by atoms with E-state index in [-0.39, 0.29) is 6.04 Å². The van der Waals surface area contributed by atoms with Crippen LogP contribution < -0.4 is 10.2 Å². The average molecular weight is 371 g/mol. The second kappa shape index (κ2) is 8.61. The van der Waals surface area contributed by atoms with Gasteiger partial charge in [0, 0.05) is 24.5 Å². The second-order valence-electron chi connectivity index (χ2n) is 6.84. The number of ether oxygens (including phenoxy) is 1. The molecular formula is C24H25N3O. The maximum atomic E-state index is 5.74. The van der Waals surface area contributed by atoms with Crippen LogP contribution >= 0.6 is 0 Å². The molecule has 0 aromatic heterocycles. The Morgan fingerprint density at radius 3 is 2.21 bits per heavy atom. The van der Waals surface area contributed by atoms with Crippen LogP contribution in [-0.2, 0) is 4.74 Å². The van der Waals surface area contributed by atoms with Gasteiger partial charge in [0.2, 0.25) is 0 Å². The van der Waals surface area contributed by atoms with Gasteiger partial charge in [0.25, 0.3) is 6.02 Å². The minimum absolute atomic E-state index is 0.125. The zero-order valence-electron chi connectivity index (χ0n) is 16.1. The highest BCUT2D eigenvalue weighted by Gasteiger charge is 2.21. The molecule has 1 aliphatic rings. The summed E-state index contributed by atoms with van der Waals surface area (Å²) in [5.74, 6) is 0. The van der Waals surface area contributed by atoms with Crippen LogP contribution in [0.5, 0.6) is 0 Å². The number of anilines is 2. The van der Waals surface area contributed by atoms with Crippen molar-refractivity contribution in [2.75, 3.05) is 29.9 Å². The molecule has 4 nitrogen and oxygen atoms in total. The molecule has 0 fully saturated rings. The van der Waals surface area contributed by atoms with Gasteiger partial charge >= 0.3 is 0 Å². The molecule has 0 aliphatic carbocycles. The van der Waals surface area contributed by atoms with Gasteiger partial charge in [-0.1, -0.05) is 60.7 Å². The maximum absolute atomic E-state index is 5.74. The molecule has 0 radical (unpaired) electrons. The monoisotopic (exact) mass is 371 g/mol. The molecule has 28 heavy (non-hydrogen) atoms. The minimum atomic E-state index is 0.125. The van der Waals surface area contributed by atoms with Gasteiger partial charge < -0.3 is 15.0 Å². The summed E-state index contributed by atoms with van der Waals surface area (Å²) in [6.45, 7) is 4.54. The fourth-order valence-corrected chi connectivity index (χ4v) is 3.39. The van der Waals surface area contributed by atoms with Crippen molar-refractivity contribution in [2.45, 2.75) is 13.0 Å². The summed E-state index contributed by atoms with van der Waals surface area (Å²) in [5.41, 5.74) is 4.67. The quantitative estimate of drug-likeness (QED) is 0.659. The zero-order valence-corrected chi connectivity index (χ0v) is 16.1. The van der Waals surface area contributed by atoms with E-state index in [1.165, 1.54) is 16.8 Å². The molecule has 0 saturated carbocycles. The van der Waals surface area contributed by atoms with Crippen molar-refractivity contribution < 1.29 is 4.74 Å². The van der Waals surface area contributed by atoms with E-state index in [1.807, 2.05) is 36.4 Å². The van der Waals surface area contributed by atoms with Crippen LogP contribution in [0.25, 0.3) is 11.1 Å². The first-order valence-electron chi connectivity index (χ1n) is 9.75. The van der Waals surface area contributed by atoms with Crippen molar-refractivity contribution in [1.82, 2.24) is 0 Å². The highest BCUT2D eigenvalue weighted by Crippen LogP contribution is 2.24. The SMILES string of the molecule is CCN(C[C@H]1COC(Nc2ccccc2)=N1)c1ccc(-c2ccccc2)cc1. The number of rotatable bonds is 6. The molecule has 1 atom stereocenters. The summed E-state index contributed by atoms with van der Waals surface area (Å²) in [7, 11) is 0. The third-order valence-corrected chi connectivity index (χ3v) is 4.89. The molecule has 0 spiro atoms. The van der Waals surface area contributed by atoms with Crippen LogP contribution in [0, 0.1) is 0 Å². The van der Waals surface area contributed by atoms with E-state index in [9.17, 15) is 0 Å². The van der Waals surface area contributed by atoms with Gasteiger partial charge in [0.15, 0.2) is 0 Å². The number of aliphatic imine (C=N–C) groups is 1. The molecule has 0 bridgehead atoms. The average Bonchev–Trinajstić information content (AvgIpc) is 3.20. The first-order valence-corrected chi connectivity index (χ1v) is 9.75. The van der Waals surface area contributed by atoms with Gasteiger partial charge in [0.05, 0.1) is 0 Å². The van der Waals surface area contributed by atoms with Crippen LogP contribution in [0.1, 0.15) is 6.92 Å². The summed E-state index contributed by atoms with van der Waals surface area (Å²) >= 11 is 0. The third-order valence-electron chi connectivity index (χ3n) is 4.89.